The van der Waals surface area contributed by atoms with Crippen LogP contribution in [0.15, 0.2) is 231 Å². The summed E-state index contributed by atoms with van der Waals surface area (Å²) in [5.74, 6) is 1.84. The Morgan fingerprint density at radius 1 is 0.262 bits per heavy atom. The van der Waals surface area contributed by atoms with E-state index < -0.39 is 10.8 Å². The van der Waals surface area contributed by atoms with E-state index in [0.29, 0.717) is 0 Å². The fraction of sp³-hybridized carbons (Fsp3) is 0.0333. The first kappa shape index (κ1) is 34.2. The van der Waals surface area contributed by atoms with E-state index in [0.717, 1.165) is 16.9 Å². The lowest BCUT2D eigenvalue weighted by Gasteiger charge is -2.40. The van der Waals surface area contributed by atoms with Crippen LogP contribution in [0.25, 0.3) is 55.3 Å². The summed E-state index contributed by atoms with van der Waals surface area (Å²) < 4.78 is 7.02. The van der Waals surface area contributed by atoms with Gasteiger partial charge in [-0.2, -0.15) is 0 Å². The molecule has 1 heterocycles. The highest BCUT2D eigenvalue weighted by Gasteiger charge is 2.52. The standard InChI is InChI=1S/C60H38O/c1-3-17-42(18-4-1)59(43-19-5-2-6-20-43)51-26-12-9-24-47(51)48-36-35-41(37-55(48)59)39-31-33-40(34-32-39)50-38-56-58(49-25-8-7-21-44(49)50)61-57-30-16-15-29-54(57)60(56)52-27-13-10-22-45(52)46-23-11-14-28-53(46)60/h1-38H. The number of para-hydroxylation sites is 1. The normalized spacial score (nSPS) is 14.3. The zero-order valence-electron chi connectivity index (χ0n) is 33.3. The van der Waals surface area contributed by atoms with E-state index in [-0.39, 0.29) is 0 Å². The van der Waals surface area contributed by atoms with Crippen LogP contribution in [0.2, 0.25) is 0 Å². The third-order valence-corrected chi connectivity index (χ3v) is 13.8. The topological polar surface area (TPSA) is 9.23 Å². The van der Waals surface area contributed by atoms with Crippen LogP contribution in [0, 0.1) is 0 Å². The van der Waals surface area contributed by atoms with Crippen molar-refractivity contribution in [1.29, 1.82) is 0 Å². The number of hydrogen-bond donors (Lipinski definition) is 0. The molecule has 1 aliphatic heterocycles. The van der Waals surface area contributed by atoms with Crippen LogP contribution in [0.4, 0.5) is 0 Å². The molecule has 0 saturated heterocycles. The Labute approximate surface area is 355 Å². The zero-order chi connectivity index (χ0) is 40.1. The van der Waals surface area contributed by atoms with Crippen molar-refractivity contribution in [3.05, 3.63) is 275 Å². The summed E-state index contributed by atoms with van der Waals surface area (Å²) in [4.78, 5) is 0. The van der Waals surface area contributed by atoms with Crippen molar-refractivity contribution in [2.45, 2.75) is 10.8 Å². The van der Waals surface area contributed by atoms with Gasteiger partial charge in [0.25, 0.3) is 0 Å². The third kappa shape index (κ3) is 4.55. The minimum Gasteiger partial charge on any atom is -0.456 e. The van der Waals surface area contributed by atoms with Gasteiger partial charge in [0.2, 0.25) is 0 Å². The molecule has 10 aromatic rings. The van der Waals surface area contributed by atoms with Crippen molar-refractivity contribution in [3.8, 4) is 56.0 Å². The van der Waals surface area contributed by atoms with E-state index in [4.69, 9.17) is 4.74 Å². The van der Waals surface area contributed by atoms with E-state index in [1.807, 2.05) is 0 Å². The molecular weight excluding hydrogens is 737 g/mol. The molecule has 1 spiro atoms. The van der Waals surface area contributed by atoms with Crippen LogP contribution in [-0.4, -0.2) is 0 Å². The first-order chi connectivity index (χ1) is 30.3. The Bertz CT molecular complexity index is 3290. The van der Waals surface area contributed by atoms with Crippen molar-refractivity contribution in [1.82, 2.24) is 0 Å². The first-order valence-corrected chi connectivity index (χ1v) is 21.3. The molecule has 0 bridgehead atoms. The summed E-state index contributed by atoms with van der Waals surface area (Å²) in [7, 11) is 0. The lowest BCUT2D eigenvalue weighted by molar-refractivity contribution is 0.442. The van der Waals surface area contributed by atoms with Gasteiger partial charge in [0.05, 0.1) is 10.8 Å². The molecular formula is C60H38O. The molecule has 1 heteroatoms. The summed E-state index contributed by atoms with van der Waals surface area (Å²) in [6.07, 6.45) is 0. The molecule has 0 amide bonds. The maximum atomic E-state index is 7.02. The lowest BCUT2D eigenvalue weighted by atomic mass is 9.65. The second kappa shape index (κ2) is 12.9. The Balaban J connectivity index is 1.000. The minimum atomic E-state index is -0.540. The van der Waals surface area contributed by atoms with Crippen LogP contribution < -0.4 is 4.74 Å². The van der Waals surface area contributed by atoms with Gasteiger partial charge >= 0.3 is 0 Å². The van der Waals surface area contributed by atoms with Crippen molar-refractivity contribution < 1.29 is 4.74 Å². The van der Waals surface area contributed by atoms with Gasteiger partial charge < -0.3 is 4.74 Å². The van der Waals surface area contributed by atoms with Crippen LogP contribution in [-0.2, 0) is 10.8 Å². The largest absolute Gasteiger partial charge is 0.456 e. The predicted octanol–water partition coefficient (Wildman–Crippen LogP) is 15.0. The Kier molecular flexibility index (Phi) is 7.21. The smallest absolute Gasteiger partial charge is 0.140 e. The van der Waals surface area contributed by atoms with Gasteiger partial charge in [-0.1, -0.05) is 212 Å². The molecule has 0 atom stereocenters. The van der Waals surface area contributed by atoms with Crippen molar-refractivity contribution in [3.63, 3.8) is 0 Å². The number of benzene rings is 10. The van der Waals surface area contributed by atoms with E-state index in [1.54, 1.807) is 0 Å². The van der Waals surface area contributed by atoms with E-state index >= 15 is 0 Å². The quantitative estimate of drug-likeness (QED) is 0.173. The van der Waals surface area contributed by atoms with Crippen LogP contribution in [0.1, 0.15) is 44.5 Å². The van der Waals surface area contributed by atoms with E-state index in [9.17, 15) is 0 Å². The van der Waals surface area contributed by atoms with Gasteiger partial charge in [-0.15, -0.1) is 0 Å². The second-order valence-corrected chi connectivity index (χ2v) is 16.7. The van der Waals surface area contributed by atoms with Gasteiger partial charge in [-0.3, -0.25) is 0 Å². The molecule has 1 nitrogen and oxygen atoms in total. The molecule has 0 fully saturated rings. The third-order valence-electron chi connectivity index (χ3n) is 13.8. The molecule has 284 valence electrons. The van der Waals surface area contributed by atoms with Gasteiger partial charge in [0, 0.05) is 16.5 Å². The monoisotopic (exact) mass is 774 g/mol. The molecule has 0 N–H and O–H groups in total. The van der Waals surface area contributed by atoms with Gasteiger partial charge in [0.15, 0.2) is 0 Å². The number of ether oxygens (including phenoxy) is 1. The molecule has 0 radical (unpaired) electrons. The molecule has 0 unspecified atom stereocenters. The summed E-state index contributed by atoms with van der Waals surface area (Å²) in [6.45, 7) is 0. The van der Waals surface area contributed by atoms with Crippen LogP contribution in [0.5, 0.6) is 11.5 Å². The zero-order valence-corrected chi connectivity index (χ0v) is 33.3. The lowest BCUT2D eigenvalue weighted by Crippen LogP contribution is -2.32. The van der Waals surface area contributed by atoms with E-state index in [1.165, 1.54) is 94.4 Å². The molecule has 3 aliphatic rings. The average molecular weight is 775 g/mol. The molecule has 2 aliphatic carbocycles. The van der Waals surface area contributed by atoms with Gasteiger partial charge in [-0.25, -0.2) is 0 Å². The summed E-state index contributed by atoms with van der Waals surface area (Å²) >= 11 is 0. The van der Waals surface area contributed by atoms with Crippen LogP contribution >= 0.6 is 0 Å². The highest BCUT2D eigenvalue weighted by Crippen LogP contribution is 2.64. The Morgan fingerprint density at radius 2 is 0.721 bits per heavy atom. The molecule has 10 aromatic carbocycles. The van der Waals surface area contributed by atoms with Crippen molar-refractivity contribution in [2.24, 2.45) is 0 Å². The van der Waals surface area contributed by atoms with Crippen LogP contribution in [0.3, 0.4) is 0 Å². The summed E-state index contributed by atoms with van der Waals surface area (Å²) in [5, 5.41) is 2.29. The molecule has 0 saturated carbocycles. The predicted molar refractivity (Wildman–Crippen MR) is 250 cm³/mol. The fourth-order valence-corrected chi connectivity index (χ4v) is 11.4. The van der Waals surface area contributed by atoms with E-state index in [2.05, 4.69) is 231 Å². The number of hydrogen-bond acceptors (Lipinski definition) is 1. The molecule has 13 rings (SSSR count). The maximum absolute atomic E-state index is 7.02. The average Bonchev–Trinajstić information content (AvgIpc) is 3.80. The number of fused-ring (bicyclic) bond motifs is 14. The minimum absolute atomic E-state index is 0.444. The van der Waals surface area contributed by atoms with Crippen molar-refractivity contribution in [2.75, 3.05) is 0 Å². The fourth-order valence-electron chi connectivity index (χ4n) is 11.4. The highest BCUT2D eigenvalue weighted by atomic mass is 16.5. The SMILES string of the molecule is c1ccc(C2(c3ccccc3)c3ccccc3-c3ccc(-c4ccc(-c5cc6c(c7ccccc57)Oc5ccccc5C65c6ccccc6-c6ccccc65)cc4)cc32)cc1. The first-order valence-electron chi connectivity index (χ1n) is 21.3. The summed E-state index contributed by atoms with van der Waals surface area (Å²) in [5.41, 5.74) is 19.1. The molecule has 0 aromatic heterocycles. The Hall–Kier alpha value is -7.74. The highest BCUT2D eigenvalue weighted by molar-refractivity contribution is 6.04. The number of rotatable bonds is 4. The second-order valence-electron chi connectivity index (χ2n) is 16.7. The van der Waals surface area contributed by atoms with Gasteiger partial charge in [0.1, 0.15) is 11.5 Å². The maximum Gasteiger partial charge on any atom is 0.140 e. The van der Waals surface area contributed by atoms with Gasteiger partial charge in [-0.05, 0) is 101 Å². The van der Waals surface area contributed by atoms with Crippen molar-refractivity contribution >= 4 is 10.8 Å². The molecule has 61 heavy (non-hydrogen) atoms. The Morgan fingerprint density at radius 3 is 1.34 bits per heavy atom. The summed E-state index contributed by atoms with van der Waals surface area (Å²) in [6, 6.07) is 85.1.